The highest BCUT2D eigenvalue weighted by Gasteiger charge is 2.30. The molecule has 8 nitrogen and oxygen atoms in total. The lowest BCUT2D eigenvalue weighted by molar-refractivity contribution is -0.125. The van der Waals surface area contributed by atoms with Crippen LogP contribution in [0.3, 0.4) is 0 Å². The van der Waals surface area contributed by atoms with Gasteiger partial charge in [-0.1, -0.05) is 17.7 Å². The monoisotopic (exact) mass is 480 g/mol. The summed E-state index contributed by atoms with van der Waals surface area (Å²) in [4.78, 5) is 42.5. The third-order valence-electron chi connectivity index (χ3n) is 6.47. The van der Waals surface area contributed by atoms with Crippen molar-refractivity contribution in [3.05, 3.63) is 64.8 Å². The molecule has 3 amide bonds. The zero-order chi connectivity index (χ0) is 23.7. The van der Waals surface area contributed by atoms with Crippen molar-refractivity contribution in [2.75, 3.05) is 24.7 Å². The fraction of sp³-hybridized carbons (Fsp3) is 0.320. The standard InChI is InChI=1S/C25H25ClN4O4/c26-19-13-27-22-12-16(6-9-18(19)22)25(33)29-21-3-1-2-20(21)28-24(32)15-4-7-17(8-5-15)30-10-11-34-14-23(30)31/h4-9,12-13,20-21,27H,1-3,10-11,14H2,(H,28,32)(H,29,33). The highest BCUT2D eigenvalue weighted by atomic mass is 35.5. The molecule has 0 bridgehead atoms. The molecule has 5 rings (SSSR count). The van der Waals surface area contributed by atoms with Crippen LogP contribution in [-0.4, -0.2) is 54.5 Å². The summed E-state index contributed by atoms with van der Waals surface area (Å²) in [5, 5.41) is 7.62. The highest BCUT2D eigenvalue weighted by Crippen LogP contribution is 2.25. The Balaban J connectivity index is 1.21. The van der Waals surface area contributed by atoms with Crippen molar-refractivity contribution in [1.29, 1.82) is 0 Å². The molecule has 34 heavy (non-hydrogen) atoms. The number of amides is 3. The second-order valence-corrected chi connectivity index (χ2v) is 9.04. The van der Waals surface area contributed by atoms with Crippen LogP contribution in [0.4, 0.5) is 5.69 Å². The summed E-state index contributed by atoms with van der Waals surface area (Å²) in [6.07, 6.45) is 4.20. The molecule has 1 aromatic heterocycles. The average Bonchev–Trinajstić information content (AvgIpc) is 3.45. The molecule has 176 valence electrons. The molecule has 0 radical (unpaired) electrons. The molecule has 2 fully saturated rings. The van der Waals surface area contributed by atoms with Gasteiger partial charge in [-0.15, -0.1) is 0 Å². The average molecular weight is 481 g/mol. The topological polar surface area (TPSA) is 104 Å². The van der Waals surface area contributed by atoms with Crippen molar-refractivity contribution in [3.63, 3.8) is 0 Å². The van der Waals surface area contributed by atoms with Gasteiger partial charge in [0, 0.05) is 52.5 Å². The Morgan fingerprint density at radius 3 is 2.38 bits per heavy atom. The van der Waals surface area contributed by atoms with Crippen molar-refractivity contribution < 1.29 is 19.1 Å². The number of halogens is 1. The van der Waals surface area contributed by atoms with Gasteiger partial charge in [-0.2, -0.15) is 0 Å². The SMILES string of the molecule is O=C(NC1CCCC1NC(=O)c1ccc2c(Cl)c[nH]c2c1)c1ccc(N2CCOCC2=O)cc1. The summed E-state index contributed by atoms with van der Waals surface area (Å²) in [5.41, 5.74) is 2.60. The molecule has 0 spiro atoms. The number of nitrogens with zero attached hydrogens (tertiary/aromatic N) is 1. The largest absolute Gasteiger partial charge is 0.370 e. The maximum atomic E-state index is 12.9. The van der Waals surface area contributed by atoms with Crippen LogP contribution in [0, 0.1) is 0 Å². The third-order valence-corrected chi connectivity index (χ3v) is 6.78. The number of carbonyl (C=O) groups is 3. The van der Waals surface area contributed by atoms with Crippen LogP contribution < -0.4 is 15.5 Å². The third kappa shape index (κ3) is 4.51. The molecule has 1 aliphatic heterocycles. The first-order valence-corrected chi connectivity index (χ1v) is 11.7. The Kier molecular flexibility index (Phi) is 6.26. The first-order valence-electron chi connectivity index (χ1n) is 11.4. The maximum Gasteiger partial charge on any atom is 0.253 e. The molecule has 3 aromatic rings. The van der Waals surface area contributed by atoms with Gasteiger partial charge in [0.05, 0.1) is 11.6 Å². The van der Waals surface area contributed by atoms with Gasteiger partial charge in [0.2, 0.25) is 0 Å². The Hall–Kier alpha value is -3.36. The minimum absolute atomic E-state index is 0.0730. The van der Waals surface area contributed by atoms with Gasteiger partial charge in [-0.05, 0) is 55.7 Å². The summed E-state index contributed by atoms with van der Waals surface area (Å²) in [6.45, 7) is 1.07. The quantitative estimate of drug-likeness (QED) is 0.521. The number of morpholine rings is 1. The highest BCUT2D eigenvalue weighted by molar-refractivity contribution is 6.35. The molecule has 2 aliphatic rings. The molecule has 3 N–H and O–H groups in total. The number of anilines is 1. The van der Waals surface area contributed by atoms with Gasteiger partial charge in [0.1, 0.15) is 6.61 Å². The van der Waals surface area contributed by atoms with E-state index in [9.17, 15) is 14.4 Å². The van der Waals surface area contributed by atoms with E-state index in [1.54, 1.807) is 47.5 Å². The maximum absolute atomic E-state index is 12.9. The molecule has 2 unspecified atom stereocenters. The lowest BCUT2D eigenvalue weighted by Gasteiger charge is -2.27. The van der Waals surface area contributed by atoms with Crippen molar-refractivity contribution in [1.82, 2.24) is 15.6 Å². The van der Waals surface area contributed by atoms with Gasteiger partial charge in [0.25, 0.3) is 17.7 Å². The fourth-order valence-electron chi connectivity index (χ4n) is 4.62. The predicted octanol–water partition coefficient (Wildman–Crippen LogP) is 3.27. The lowest BCUT2D eigenvalue weighted by atomic mass is 10.1. The summed E-state index contributed by atoms with van der Waals surface area (Å²) in [7, 11) is 0. The molecular formula is C25H25ClN4O4. The molecule has 2 atom stereocenters. The van der Waals surface area contributed by atoms with E-state index >= 15 is 0 Å². The first-order chi connectivity index (χ1) is 16.5. The van der Waals surface area contributed by atoms with Crippen LogP contribution in [0.1, 0.15) is 40.0 Å². The molecule has 2 aromatic carbocycles. The van der Waals surface area contributed by atoms with Crippen LogP contribution >= 0.6 is 11.6 Å². The zero-order valence-corrected chi connectivity index (χ0v) is 19.2. The van der Waals surface area contributed by atoms with E-state index in [2.05, 4.69) is 15.6 Å². The van der Waals surface area contributed by atoms with E-state index in [4.69, 9.17) is 16.3 Å². The number of hydrogen-bond donors (Lipinski definition) is 3. The van der Waals surface area contributed by atoms with Gasteiger partial charge in [0.15, 0.2) is 0 Å². The van der Waals surface area contributed by atoms with Crippen molar-refractivity contribution >= 4 is 45.9 Å². The second kappa shape index (κ2) is 9.48. The number of H-pyrrole nitrogens is 1. The summed E-state index contributed by atoms with van der Waals surface area (Å²) < 4.78 is 5.16. The van der Waals surface area contributed by atoms with E-state index in [1.165, 1.54) is 0 Å². The first kappa shape index (κ1) is 22.4. The number of carbonyl (C=O) groups excluding carboxylic acids is 3. The normalized spacial score (nSPS) is 20.5. The molecule has 1 saturated carbocycles. The predicted molar refractivity (Wildman–Crippen MR) is 129 cm³/mol. The Bertz CT molecular complexity index is 1240. The van der Waals surface area contributed by atoms with Gasteiger partial charge < -0.3 is 25.3 Å². The van der Waals surface area contributed by atoms with Crippen LogP contribution in [-0.2, 0) is 9.53 Å². The van der Waals surface area contributed by atoms with E-state index in [0.29, 0.717) is 29.3 Å². The second-order valence-electron chi connectivity index (χ2n) is 8.63. The van der Waals surface area contributed by atoms with Gasteiger partial charge in [-0.3, -0.25) is 14.4 Å². The molecule has 2 heterocycles. The van der Waals surface area contributed by atoms with E-state index < -0.39 is 0 Å². The number of rotatable bonds is 5. The molecular weight excluding hydrogens is 456 g/mol. The summed E-state index contributed by atoms with van der Waals surface area (Å²) in [5.74, 6) is -0.474. The van der Waals surface area contributed by atoms with E-state index in [-0.39, 0.29) is 36.4 Å². The number of hydrogen-bond acceptors (Lipinski definition) is 4. The number of aromatic amines is 1. The Morgan fingerprint density at radius 1 is 1.00 bits per heavy atom. The Morgan fingerprint density at radius 2 is 1.68 bits per heavy atom. The number of ether oxygens (including phenoxy) is 1. The minimum Gasteiger partial charge on any atom is -0.370 e. The zero-order valence-electron chi connectivity index (χ0n) is 18.5. The molecule has 9 heteroatoms. The Labute approximate surface area is 201 Å². The van der Waals surface area contributed by atoms with Crippen LogP contribution in [0.5, 0.6) is 0 Å². The number of fused-ring (bicyclic) bond motifs is 1. The van der Waals surface area contributed by atoms with Gasteiger partial charge >= 0.3 is 0 Å². The van der Waals surface area contributed by atoms with E-state index in [0.717, 1.165) is 35.9 Å². The smallest absolute Gasteiger partial charge is 0.253 e. The van der Waals surface area contributed by atoms with Crippen molar-refractivity contribution in [3.8, 4) is 0 Å². The summed E-state index contributed by atoms with van der Waals surface area (Å²) in [6, 6.07) is 12.0. The fourth-order valence-corrected chi connectivity index (χ4v) is 4.84. The number of benzene rings is 2. The summed E-state index contributed by atoms with van der Waals surface area (Å²) >= 11 is 6.12. The van der Waals surface area contributed by atoms with Gasteiger partial charge in [-0.25, -0.2) is 0 Å². The van der Waals surface area contributed by atoms with Crippen LogP contribution in [0.2, 0.25) is 5.02 Å². The lowest BCUT2D eigenvalue weighted by Crippen LogP contribution is -2.48. The van der Waals surface area contributed by atoms with E-state index in [1.807, 2.05) is 6.07 Å². The molecule has 1 aliphatic carbocycles. The van der Waals surface area contributed by atoms with Crippen LogP contribution in [0.25, 0.3) is 10.9 Å². The molecule has 1 saturated heterocycles. The number of aromatic nitrogens is 1. The van der Waals surface area contributed by atoms with Crippen molar-refractivity contribution in [2.24, 2.45) is 0 Å². The minimum atomic E-state index is -0.201. The number of nitrogens with one attached hydrogen (secondary N) is 3. The van der Waals surface area contributed by atoms with Crippen LogP contribution in [0.15, 0.2) is 48.7 Å². The van der Waals surface area contributed by atoms with Crippen molar-refractivity contribution in [2.45, 2.75) is 31.3 Å².